The molecule has 0 bridgehead atoms. The first-order chi connectivity index (χ1) is 18.6. The molecule has 2 aromatic carbocycles. The lowest BCUT2D eigenvalue weighted by atomic mass is 10.1. The van der Waals surface area contributed by atoms with E-state index in [2.05, 4.69) is 33.1 Å². The number of aromatic nitrogens is 1. The molecule has 1 heterocycles. The van der Waals surface area contributed by atoms with Gasteiger partial charge < -0.3 is 21.5 Å². The minimum Gasteiger partial charge on any atom is -0.469 e. The van der Waals surface area contributed by atoms with Gasteiger partial charge in [0.15, 0.2) is 0 Å². The summed E-state index contributed by atoms with van der Waals surface area (Å²) >= 11 is 1.81. The molecule has 0 radical (unpaired) electrons. The van der Waals surface area contributed by atoms with Gasteiger partial charge in [-0.15, -0.1) is 0 Å². The molecular formula is C29H31FN4O4S. The number of carbonyl (C=O) groups excluding carboxylic acids is 3. The fraction of sp³-hybridized carbons (Fsp3) is 0.241. The Bertz CT molecular complexity index is 1390. The Balaban J connectivity index is 0.000000455. The normalized spacial score (nSPS) is 9.85. The summed E-state index contributed by atoms with van der Waals surface area (Å²) < 4.78 is 18.4. The standard InChI is InChI=1S/C22H17FN4O2.C7H14O2S/c1-13-5-8-19(23)18(9-13)22(29)27-17-4-2-3-14(10-17)6-7-15-11-16(21(25)28)12-26-20(15)24;1-9-7(8)5-3-4-6-10-2/h2-5,8-12H,1H3,(H2,24,26)(H2,25,28)(H,27,29);3-6H2,1-2H3. The number of nitrogens with one attached hydrogen (secondary N) is 1. The van der Waals surface area contributed by atoms with Crippen molar-refractivity contribution in [1.82, 2.24) is 4.98 Å². The maximum Gasteiger partial charge on any atom is 0.305 e. The van der Waals surface area contributed by atoms with E-state index in [1.165, 1.54) is 31.5 Å². The fourth-order valence-electron chi connectivity index (χ4n) is 3.15. The van der Waals surface area contributed by atoms with Gasteiger partial charge >= 0.3 is 5.97 Å². The van der Waals surface area contributed by atoms with Crippen LogP contribution in [-0.2, 0) is 9.53 Å². The average molecular weight is 551 g/mol. The Morgan fingerprint density at radius 3 is 2.56 bits per heavy atom. The van der Waals surface area contributed by atoms with Gasteiger partial charge in [0, 0.05) is 23.9 Å². The highest BCUT2D eigenvalue weighted by molar-refractivity contribution is 7.98. The predicted molar refractivity (Wildman–Crippen MR) is 153 cm³/mol. The summed E-state index contributed by atoms with van der Waals surface area (Å²) in [4.78, 5) is 38.1. The molecule has 8 nitrogen and oxygen atoms in total. The molecule has 0 unspecified atom stereocenters. The first-order valence-electron chi connectivity index (χ1n) is 11.9. The van der Waals surface area contributed by atoms with Crippen LogP contribution in [0.4, 0.5) is 15.9 Å². The van der Waals surface area contributed by atoms with E-state index in [-0.39, 0.29) is 22.9 Å². The van der Waals surface area contributed by atoms with Gasteiger partial charge in [-0.05, 0) is 68.2 Å². The number of methoxy groups -OCH3 is 1. The van der Waals surface area contributed by atoms with Crippen LogP contribution in [-0.4, -0.2) is 41.9 Å². The van der Waals surface area contributed by atoms with E-state index in [4.69, 9.17) is 11.5 Å². The van der Waals surface area contributed by atoms with Gasteiger partial charge in [0.2, 0.25) is 5.91 Å². The lowest BCUT2D eigenvalue weighted by Crippen LogP contribution is -2.14. The topological polar surface area (TPSA) is 137 Å². The van der Waals surface area contributed by atoms with Crippen molar-refractivity contribution in [2.24, 2.45) is 5.73 Å². The minimum absolute atomic E-state index is 0.0383. The third-order valence-electron chi connectivity index (χ3n) is 5.24. The molecule has 0 saturated carbocycles. The largest absolute Gasteiger partial charge is 0.469 e. The monoisotopic (exact) mass is 550 g/mol. The van der Waals surface area contributed by atoms with Crippen molar-refractivity contribution in [2.45, 2.75) is 26.2 Å². The van der Waals surface area contributed by atoms with Crippen LogP contribution in [0.3, 0.4) is 0 Å². The molecule has 0 aliphatic carbocycles. The zero-order valence-corrected chi connectivity index (χ0v) is 22.9. The predicted octanol–water partition coefficient (Wildman–Crippen LogP) is 4.56. The number of rotatable bonds is 8. The summed E-state index contributed by atoms with van der Waals surface area (Å²) in [7, 11) is 1.43. The van der Waals surface area contributed by atoms with E-state index in [0.29, 0.717) is 23.2 Å². The number of pyridine rings is 1. The SMILES string of the molecule is COC(=O)CCCCSC.Cc1ccc(F)c(C(=O)Nc2cccc(C#Cc3cc(C(N)=O)cnc3N)c2)c1. The molecule has 2 amide bonds. The maximum atomic E-state index is 13.9. The number of benzene rings is 2. The van der Waals surface area contributed by atoms with Crippen molar-refractivity contribution in [3.05, 3.63) is 88.4 Å². The third-order valence-corrected chi connectivity index (χ3v) is 5.94. The summed E-state index contributed by atoms with van der Waals surface area (Å²) in [6.45, 7) is 1.78. The van der Waals surface area contributed by atoms with Gasteiger partial charge in [-0.25, -0.2) is 9.37 Å². The lowest BCUT2D eigenvalue weighted by Gasteiger charge is -2.07. The number of aryl methyl sites for hydroxylation is 1. The molecule has 3 aromatic rings. The van der Waals surface area contributed by atoms with Gasteiger partial charge in [0.25, 0.3) is 5.91 Å². The lowest BCUT2D eigenvalue weighted by molar-refractivity contribution is -0.140. The Labute approximate surface area is 231 Å². The smallest absolute Gasteiger partial charge is 0.305 e. The number of esters is 1. The fourth-order valence-corrected chi connectivity index (χ4v) is 3.65. The summed E-state index contributed by atoms with van der Waals surface area (Å²) in [5.41, 5.74) is 13.4. The Kier molecular flexibility index (Phi) is 12.5. The van der Waals surface area contributed by atoms with Gasteiger partial charge in [0.05, 0.1) is 23.8 Å². The van der Waals surface area contributed by atoms with Gasteiger partial charge in [0.1, 0.15) is 11.6 Å². The van der Waals surface area contributed by atoms with Crippen LogP contribution in [0.15, 0.2) is 54.7 Å². The van der Waals surface area contributed by atoms with Gasteiger partial charge in [-0.1, -0.05) is 29.5 Å². The van der Waals surface area contributed by atoms with Crippen molar-refractivity contribution >= 4 is 41.1 Å². The van der Waals surface area contributed by atoms with E-state index < -0.39 is 17.6 Å². The number of amides is 2. The number of carbonyl (C=O) groups is 3. The van der Waals surface area contributed by atoms with Gasteiger partial charge in [-0.3, -0.25) is 14.4 Å². The molecule has 10 heteroatoms. The number of primary amides is 1. The number of ether oxygens (including phenoxy) is 1. The molecule has 3 rings (SSSR count). The highest BCUT2D eigenvalue weighted by atomic mass is 32.2. The van der Waals surface area contributed by atoms with Crippen molar-refractivity contribution in [3.8, 4) is 11.8 Å². The minimum atomic E-state index is -0.631. The second-order valence-electron chi connectivity index (χ2n) is 8.32. The summed E-state index contributed by atoms with van der Waals surface area (Å²) in [5.74, 6) is 5.15. The molecular weight excluding hydrogens is 519 g/mol. The van der Waals surface area contributed by atoms with Crippen molar-refractivity contribution in [2.75, 3.05) is 30.2 Å². The molecule has 1 aromatic heterocycles. The highest BCUT2D eigenvalue weighted by Crippen LogP contribution is 2.16. The number of unbranched alkanes of at least 4 members (excludes halogenated alkanes) is 1. The molecule has 0 aliphatic heterocycles. The van der Waals surface area contributed by atoms with Crippen LogP contribution in [0.25, 0.3) is 0 Å². The zero-order chi connectivity index (χ0) is 28.8. The van der Waals surface area contributed by atoms with Crippen LogP contribution in [0.2, 0.25) is 0 Å². The zero-order valence-electron chi connectivity index (χ0n) is 22.0. The average Bonchev–Trinajstić information content (AvgIpc) is 2.92. The van der Waals surface area contributed by atoms with Crippen LogP contribution >= 0.6 is 11.8 Å². The molecule has 0 aliphatic rings. The second-order valence-corrected chi connectivity index (χ2v) is 9.30. The number of thioether (sulfide) groups is 1. The first-order valence-corrected chi connectivity index (χ1v) is 13.3. The highest BCUT2D eigenvalue weighted by Gasteiger charge is 2.12. The van der Waals surface area contributed by atoms with Crippen molar-refractivity contribution in [3.63, 3.8) is 0 Å². The van der Waals surface area contributed by atoms with Crippen molar-refractivity contribution in [1.29, 1.82) is 0 Å². The molecule has 0 fully saturated rings. The quantitative estimate of drug-likeness (QED) is 0.212. The van der Waals surface area contributed by atoms with E-state index >= 15 is 0 Å². The van der Waals surface area contributed by atoms with E-state index in [1.807, 2.05) is 11.8 Å². The second kappa shape index (κ2) is 15.8. The number of halogens is 1. The summed E-state index contributed by atoms with van der Waals surface area (Å²) in [6, 6.07) is 12.5. The van der Waals surface area contributed by atoms with Crippen molar-refractivity contribution < 1.29 is 23.5 Å². The van der Waals surface area contributed by atoms with E-state index in [1.54, 1.807) is 37.3 Å². The molecule has 204 valence electrons. The van der Waals surface area contributed by atoms with Crippen LogP contribution in [0.1, 0.15) is 56.7 Å². The Hall–Kier alpha value is -4.36. The maximum absolute atomic E-state index is 13.9. The molecule has 0 saturated heterocycles. The van der Waals surface area contributed by atoms with Crippen LogP contribution < -0.4 is 16.8 Å². The Morgan fingerprint density at radius 2 is 1.87 bits per heavy atom. The van der Waals surface area contributed by atoms with Gasteiger partial charge in [-0.2, -0.15) is 11.8 Å². The summed E-state index contributed by atoms with van der Waals surface area (Å²) in [6.07, 6.45) is 5.97. The molecule has 39 heavy (non-hydrogen) atoms. The van der Waals surface area contributed by atoms with E-state index in [9.17, 15) is 18.8 Å². The molecule has 0 spiro atoms. The third kappa shape index (κ3) is 10.5. The number of hydrogen-bond acceptors (Lipinski definition) is 7. The van der Waals surface area contributed by atoms with E-state index in [0.717, 1.165) is 24.2 Å². The number of hydrogen-bond donors (Lipinski definition) is 3. The van der Waals surface area contributed by atoms with Crippen LogP contribution in [0, 0.1) is 24.6 Å². The number of nitrogens with two attached hydrogens (primary N) is 2. The van der Waals surface area contributed by atoms with Crippen LogP contribution in [0.5, 0.6) is 0 Å². The first kappa shape index (κ1) is 30.9. The molecule has 5 N–H and O–H groups in total. The number of nitrogen functional groups attached to an aromatic ring is 1. The molecule has 0 atom stereocenters. The summed E-state index contributed by atoms with van der Waals surface area (Å²) in [5, 5.41) is 2.66. The Morgan fingerprint density at radius 1 is 1.10 bits per heavy atom. The number of nitrogens with zero attached hydrogens (tertiary/aromatic N) is 1. The number of anilines is 2.